The Labute approximate surface area is 105 Å². The average Bonchev–Trinajstić information content (AvgIpc) is 2.31. The molecule has 0 aliphatic carbocycles. The standard InChI is InChI=1S/C15H15F2N/c1-10-3-5-15(6-4-10)18-11(2)12-7-13(16)9-14(17)8-12/h3-9,11,18H,1-2H3. The largest absolute Gasteiger partial charge is 0.379 e. The van der Waals surface area contributed by atoms with Crippen molar-refractivity contribution < 1.29 is 8.78 Å². The van der Waals surface area contributed by atoms with E-state index in [1.54, 1.807) is 0 Å². The van der Waals surface area contributed by atoms with Gasteiger partial charge in [0, 0.05) is 17.8 Å². The van der Waals surface area contributed by atoms with Crippen LogP contribution in [0.15, 0.2) is 42.5 Å². The van der Waals surface area contributed by atoms with Gasteiger partial charge in [-0.15, -0.1) is 0 Å². The number of nitrogens with one attached hydrogen (secondary N) is 1. The third-order valence-corrected chi connectivity index (χ3v) is 2.82. The lowest BCUT2D eigenvalue weighted by Gasteiger charge is -2.16. The minimum absolute atomic E-state index is 0.155. The maximum absolute atomic E-state index is 13.1. The van der Waals surface area contributed by atoms with Gasteiger partial charge in [0.2, 0.25) is 0 Å². The number of halogens is 2. The van der Waals surface area contributed by atoms with Gasteiger partial charge in [-0.2, -0.15) is 0 Å². The molecule has 0 heterocycles. The van der Waals surface area contributed by atoms with Crippen molar-refractivity contribution in [1.29, 1.82) is 0 Å². The van der Waals surface area contributed by atoms with E-state index in [4.69, 9.17) is 0 Å². The Morgan fingerprint density at radius 2 is 1.50 bits per heavy atom. The SMILES string of the molecule is Cc1ccc(NC(C)c2cc(F)cc(F)c2)cc1. The van der Waals surface area contributed by atoms with Gasteiger partial charge in [-0.3, -0.25) is 0 Å². The van der Waals surface area contributed by atoms with E-state index in [2.05, 4.69) is 5.32 Å². The van der Waals surface area contributed by atoms with Crippen molar-refractivity contribution in [3.8, 4) is 0 Å². The third kappa shape index (κ3) is 3.06. The second kappa shape index (κ2) is 5.17. The molecule has 0 saturated carbocycles. The molecular formula is C15H15F2N. The van der Waals surface area contributed by atoms with Crippen LogP contribution < -0.4 is 5.32 Å². The summed E-state index contributed by atoms with van der Waals surface area (Å²) in [7, 11) is 0. The Morgan fingerprint density at radius 3 is 2.06 bits per heavy atom. The van der Waals surface area contributed by atoms with Crippen molar-refractivity contribution in [1.82, 2.24) is 0 Å². The van der Waals surface area contributed by atoms with Crippen molar-refractivity contribution in [2.45, 2.75) is 19.9 Å². The summed E-state index contributed by atoms with van der Waals surface area (Å²) in [5, 5.41) is 3.21. The molecule has 2 rings (SSSR count). The zero-order chi connectivity index (χ0) is 13.1. The molecule has 94 valence electrons. The zero-order valence-electron chi connectivity index (χ0n) is 10.4. The Balaban J connectivity index is 2.16. The molecule has 2 aromatic carbocycles. The van der Waals surface area contributed by atoms with E-state index in [9.17, 15) is 8.78 Å². The van der Waals surface area contributed by atoms with Crippen LogP contribution in [0.1, 0.15) is 24.1 Å². The molecule has 1 atom stereocenters. The van der Waals surface area contributed by atoms with E-state index in [0.717, 1.165) is 11.8 Å². The Bertz CT molecular complexity index is 514. The van der Waals surface area contributed by atoms with Crippen LogP contribution in [0.25, 0.3) is 0 Å². The first-order valence-corrected chi connectivity index (χ1v) is 5.84. The fraction of sp³-hybridized carbons (Fsp3) is 0.200. The number of rotatable bonds is 3. The molecule has 0 aromatic heterocycles. The molecule has 0 saturated heterocycles. The molecule has 3 heteroatoms. The Hall–Kier alpha value is -1.90. The summed E-state index contributed by atoms with van der Waals surface area (Å²) < 4.78 is 26.2. The molecule has 0 radical (unpaired) electrons. The van der Waals surface area contributed by atoms with Crippen LogP contribution in [-0.2, 0) is 0 Å². The number of benzene rings is 2. The molecule has 0 amide bonds. The predicted octanol–water partition coefficient (Wildman–Crippen LogP) is 4.45. The first-order chi connectivity index (χ1) is 8.54. The van der Waals surface area contributed by atoms with Gasteiger partial charge in [-0.25, -0.2) is 8.78 Å². The van der Waals surface area contributed by atoms with Crippen LogP contribution in [0.3, 0.4) is 0 Å². The number of anilines is 1. The van der Waals surface area contributed by atoms with Crippen LogP contribution in [0, 0.1) is 18.6 Å². The maximum Gasteiger partial charge on any atom is 0.126 e. The van der Waals surface area contributed by atoms with Crippen molar-refractivity contribution in [2.75, 3.05) is 5.32 Å². The summed E-state index contributed by atoms with van der Waals surface area (Å²) >= 11 is 0. The van der Waals surface area contributed by atoms with Gasteiger partial charge in [0.25, 0.3) is 0 Å². The molecule has 0 aliphatic heterocycles. The summed E-state index contributed by atoms with van der Waals surface area (Å²) in [6.07, 6.45) is 0. The van der Waals surface area contributed by atoms with Crippen LogP contribution in [0.4, 0.5) is 14.5 Å². The highest BCUT2D eigenvalue weighted by molar-refractivity contribution is 5.46. The first-order valence-electron chi connectivity index (χ1n) is 5.84. The average molecular weight is 247 g/mol. The van der Waals surface area contributed by atoms with Crippen molar-refractivity contribution in [2.24, 2.45) is 0 Å². The van der Waals surface area contributed by atoms with Gasteiger partial charge in [0.05, 0.1) is 0 Å². The van der Waals surface area contributed by atoms with Gasteiger partial charge < -0.3 is 5.32 Å². The second-order valence-electron chi connectivity index (χ2n) is 4.43. The van der Waals surface area contributed by atoms with Gasteiger partial charge >= 0.3 is 0 Å². The van der Waals surface area contributed by atoms with E-state index < -0.39 is 11.6 Å². The van der Waals surface area contributed by atoms with Crippen molar-refractivity contribution >= 4 is 5.69 Å². The quantitative estimate of drug-likeness (QED) is 0.845. The number of aryl methyl sites for hydroxylation is 1. The zero-order valence-corrected chi connectivity index (χ0v) is 10.4. The summed E-state index contributed by atoms with van der Waals surface area (Å²) in [4.78, 5) is 0. The Kier molecular flexibility index (Phi) is 3.60. The lowest BCUT2D eigenvalue weighted by atomic mass is 10.1. The van der Waals surface area contributed by atoms with Gasteiger partial charge in [0.1, 0.15) is 11.6 Å². The highest BCUT2D eigenvalue weighted by Crippen LogP contribution is 2.21. The molecule has 0 fully saturated rings. The van der Waals surface area contributed by atoms with Crippen LogP contribution >= 0.6 is 0 Å². The molecular weight excluding hydrogens is 232 g/mol. The summed E-state index contributed by atoms with van der Waals surface area (Å²) in [6.45, 7) is 3.88. The highest BCUT2D eigenvalue weighted by Gasteiger charge is 2.08. The molecule has 0 bridgehead atoms. The lowest BCUT2D eigenvalue weighted by Crippen LogP contribution is -2.07. The summed E-state index contributed by atoms with van der Waals surface area (Å²) in [5.74, 6) is -1.11. The van der Waals surface area contributed by atoms with Gasteiger partial charge in [0.15, 0.2) is 0 Å². The molecule has 18 heavy (non-hydrogen) atoms. The fourth-order valence-corrected chi connectivity index (χ4v) is 1.81. The van der Waals surface area contributed by atoms with E-state index in [1.165, 1.54) is 17.7 Å². The Morgan fingerprint density at radius 1 is 0.944 bits per heavy atom. The van der Waals surface area contributed by atoms with E-state index in [-0.39, 0.29) is 6.04 Å². The third-order valence-electron chi connectivity index (χ3n) is 2.82. The van der Waals surface area contributed by atoms with E-state index >= 15 is 0 Å². The highest BCUT2D eigenvalue weighted by atomic mass is 19.1. The van der Waals surface area contributed by atoms with E-state index in [1.807, 2.05) is 38.1 Å². The first kappa shape index (κ1) is 12.6. The smallest absolute Gasteiger partial charge is 0.126 e. The second-order valence-corrected chi connectivity index (χ2v) is 4.43. The van der Waals surface area contributed by atoms with Crippen molar-refractivity contribution in [3.05, 3.63) is 65.2 Å². The van der Waals surface area contributed by atoms with Crippen molar-refractivity contribution in [3.63, 3.8) is 0 Å². The minimum Gasteiger partial charge on any atom is -0.379 e. The molecule has 2 aromatic rings. The van der Waals surface area contributed by atoms with Crippen LogP contribution in [0.5, 0.6) is 0 Å². The fourth-order valence-electron chi connectivity index (χ4n) is 1.81. The molecule has 1 N–H and O–H groups in total. The number of hydrogen-bond donors (Lipinski definition) is 1. The summed E-state index contributed by atoms with van der Waals surface area (Å²) in [6, 6.07) is 11.3. The molecule has 0 spiro atoms. The molecule has 1 nitrogen and oxygen atoms in total. The van der Waals surface area contributed by atoms with Crippen LogP contribution in [0.2, 0.25) is 0 Å². The van der Waals surface area contributed by atoms with Gasteiger partial charge in [-0.05, 0) is 43.7 Å². The predicted molar refractivity (Wildman–Crippen MR) is 69.6 cm³/mol. The van der Waals surface area contributed by atoms with E-state index in [0.29, 0.717) is 5.56 Å². The normalized spacial score (nSPS) is 12.2. The summed E-state index contributed by atoms with van der Waals surface area (Å²) in [5.41, 5.74) is 2.69. The van der Waals surface area contributed by atoms with Crippen LogP contribution in [-0.4, -0.2) is 0 Å². The lowest BCUT2D eigenvalue weighted by molar-refractivity contribution is 0.577. The monoisotopic (exact) mass is 247 g/mol. The van der Waals surface area contributed by atoms with Gasteiger partial charge in [-0.1, -0.05) is 17.7 Å². The topological polar surface area (TPSA) is 12.0 Å². The minimum atomic E-state index is -0.553. The maximum atomic E-state index is 13.1. The number of hydrogen-bond acceptors (Lipinski definition) is 1. The molecule has 0 aliphatic rings. The molecule has 1 unspecified atom stereocenters.